The minimum atomic E-state index is -3.23. The molecule has 102 valence electrons. The standard InChI is InChI=1S/C13H17NO3S.Mg.2H/c1-3-4-5-12-9-10-8-11(14-18(2,15)16)6-7-13(10)17-12;;;/h6-9,14H,3-5H2,1-2H3;;;. The van der Waals surface area contributed by atoms with Crippen LogP contribution in [0, 0.1) is 0 Å². The second-order valence-corrected chi connectivity index (χ2v) is 6.19. The molecular weight excluding hydrogens is 275 g/mol. The maximum absolute atomic E-state index is 11.1. The normalized spacial score (nSPS) is 11.3. The van der Waals surface area contributed by atoms with Gasteiger partial charge in [-0.15, -0.1) is 0 Å². The van der Waals surface area contributed by atoms with Gasteiger partial charge in [-0.3, -0.25) is 4.72 Å². The number of fused-ring (bicyclic) bond motifs is 1. The summed E-state index contributed by atoms with van der Waals surface area (Å²) in [6, 6.07) is 7.25. The lowest BCUT2D eigenvalue weighted by molar-refractivity contribution is 0.536. The smallest absolute Gasteiger partial charge is 0.316 e. The van der Waals surface area contributed by atoms with Crippen LogP contribution in [0.15, 0.2) is 28.7 Å². The van der Waals surface area contributed by atoms with E-state index in [-0.39, 0.29) is 23.1 Å². The van der Waals surface area contributed by atoms with Crippen LogP contribution in [0.3, 0.4) is 0 Å². The molecule has 6 heteroatoms. The summed E-state index contributed by atoms with van der Waals surface area (Å²) in [5.74, 6) is 0.948. The van der Waals surface area contributed by atoms with Crippen LogP contribution in [0.4, 0.5) is 5.69 Å². The van der Waals surface area contributed by atoms with Crippen molar-refractivity contribution in [2.45, 2.75) is 26.2 Å². The number of sulfonamides is 1. The third-order valence-corrected chi connectivity index (χ3v) is 3.25. The molecule has 0 bridgehead atoms. The summed E-state index contributed by atoms with van der Waals surface area (Å²) in [4.78, 5) is 0. The summed E-state index contributed by atoms with van der Waals surface area (Å²) >= 11 is 0. The topological polar surface area (TPSA) is 59.3 Å². The molecule has 0 radical (unpaired) electrons. The van der Waals surface area contributed by atoms with Crippen LogP contribution < -0.4 is 4.72 Å². The van der Waals surface area contributed by atoms with E-state index in [1.54, 1.807) is 18.2 Å². The summed E-state index contributed by atoms with van der Waals surface area (Å²) in [6.07, 6.45) is 4.27. The van der Waals surface area contributed by atoms with Crippen molar-refractivity contribution >= 4 is 49.7 Å². The highest BCUT2D eigenvalue weighted by molar-refractivity contribution is 7.92. The van der Waals surface area contributed by atoms with Crippen molar-refractivity contribution in [1.82, 2.24) is 0 Å². The van der Waals surface area contributed by atoms with Gasteiger partial charge in [0.05, 0.1) is 6.26 Å². The van der Waals surface area contributed by atoms with Crippen molar-refractivity contribution in [2.24, 2.45) is 0 Å². The van der Waals surface area contributed by atoms with Crippen LogP contribution in [0.5, 0.6) is 0 Å². The van der Waals surface area contributed by atoms with Gasteiger partial charge in [0.25, 0.3) is 0 Å². The molecule has 0 aliphatic heterocycles. The van der Waals surface area contributed by atoms with Crippen molar-refractivity contribution < 1.29 is 12.8 Å². The highest BCUT2D eigenvalue weighted by atomic mass is 32.2. The summed E-state index contributed by atoms with van der Waals surface area (Å²) in [5.41, 5.74) is 1.35. The Balaban J connectivity index is 0.00000180. The Labute approximate surface area is 129 Å². The molecule has 1 heterocycles. The van der Waals surface area contributed by atoms with E-state index in [1.165, 1.54) is 0 Å². The molecule has 0 atom stereocenters. The number of unbranched alkanes of at least 4 members (excludes halogenated alkanes) is 1. The van der Waals surface area contributed by atoms with Gasteiger partial charge in [-0.1, -0.05) is 13.3 Å². The second kappa shape index (κ2) is 6.63. The number of nitrogens with one attached hydrogen (secondary N) is 1. The number of anilines is 1. The SMILES string of the molecule is CCCCc1cc2cc(NS(C)(=O)=O)ccc2o1.[MgH2]. The number of hydrogen-bond donors (Lipinski definition) is 1. The predicted molar refractivity (Wildman–Crippen MR) is 81.8 cm³/mol. The Morgan fingerprint density at radius 1 is 1.26 bits per heavy atom. The predicted octanol–water partition coefficient (Wildman–Crippen LogP) is 2.23. The lowest BCUT2D eigenvalue weighted by Gasteiger charge is -2.02. The Morgan fingerprint density at radius 2 is 2.00 bits per heavy atom. The molecule has 0 unspecified atom stereocenters. The van der Waals surface area contributed by atoms with Crippen LogP contribution in [-0.4, -0.2) is 37.7 Å². The fourth-order valence-electron chi connectivity index (χ4n) is 1.85. The van der Waals surface area contributed by atoms with Crippen molar-refractivity contribution in [3.8, 4) is 0 Å². The van der Waals surface area contributed by atoms with Crippen molar-refractivity contribution in [3.63, 3.8) is 0 Å². The van der Waals surface area contributed by atoms with Gasteiger partial charge in [-0.05, 0) is 30.7 Å². The van der Waals surface area contributed by atoms with Gasteiger partial charge in [-0.2, -0.15) is 0 Å². The molecule has 1 aromatic heterocycles. The first-order valence-corrected chi connectivity index (χ1v) is 7.87. The highest BCUT2D eigenvalue weighted by Gasteiger charge is 2.06. The van der Waals surface area contributed by atoms with E-state index < -0.39 is 10.0 Å². The monoisotopic (exact) mass is 293 g/mol. The first-order chi connectivity index (χ1) is 8.48. The summed E-state index contributed by atoms with van der Waals surface area (Å²) in [5, 5.41) is 0.926. The zero-order chi connectivity index (χ0) is 13.2. The zero-order valence-electron chi connectivity index (χ0n) is 10.6. The minimum Gasteiger partial charge on any atom is -0.461 e. The Kier molecular flexibility index (Phi) is 5.70. The number of hydrogen-bond acceptors (Lipinski definition) is 3. The van der Waals surface area contributed by atoms with E-state index in [4.69, 9.17) is 4.42 Å². The maximum atomic E-state index is 11.1. The van der Waals surface area contributed by atoms with E-state index in [0.717, 1.165) is 42.2 Å². The van der Waals surface area contributed by atoms with Crippen LogP contribution in [0.2, 0.25) is 0 Å². The maximum Gasteiger partial charge on any atom is 0.316 e. The molecule has 1 aromatic carbocycles. The third kappa shape index (κ3) is 4.70. The quantitative estimate of drug-likeness (QED) is 0.860. The Hall–Kier alpha value is -0.724. The molecule has 0 aliphatic carbocycles. The first-order valence-electron chi connectivity index (χ1n) is 5.98. The van der Waals surface area contributed by atoms with Gasteiger partial charge >= 0.3 is 23.1 Å². The molecule has 4 nitrogen and oxygen atoms in total. The molecule has 0 amide bonds. The summed E-state index contributed by atoms with van der Waals surface area (Å²) in [6.45, 7) is 2.14. The molecular formula is C13H19MgNO3S. The van der Waals surface area contributed by atoms with Gasteiger partial charge in [0.15, 0.2) is 0 Å². The van der Waals surface area contributed by atoms with E-state index in [9.17, 15) is 8.42 Å². The van der Waals surface area contributed by atoms with Crippen molar-refractivity contribution in [1.29, 1.82) is 0 Å². The van der Waals surface area contributed by atoms with E-state index in [0.29, 0.717) is 5.69 Å². The molecule has 2 rings (SSSR count). The number of benzene rings is 1. The van der Waals surface area contributed by atoms with Crippen molar-refractivity contribution in [3.05, 3.63) is 30.0 Å². The van der Waals surface area contributed by atoms with Gasteiger partial charge in [0.2, 0.25) is 10.0 Å². The van der Waals surface area contributed by atoms with Crippen LogP contribution in [0.1, 0.15) is 25.5 Å². The Bertz CT molecular complexity index is 649. The Morgan fingerprint density at radius 3 is 2.63 bits per heavy atom. The molecule has 0 spiro atoms. The van der Waals surface area contributed by atoms with Crippen LogP contribution in [-0.2, 0) is 16.4 Å². The summed E-state index contributed by atoms with van der Waals surface area (Å²) in [7, 11) is -3.23. The van der Waals surface area contributed by atoms with Gasteiger partial charge in [0, 0.05) is 17.5 Å². The average molecular weight is 294 g/mol. The second-order valence-electron chi connectivity index (χ2n) is 4.44. The molecule has 0 saturated heterocycles. The lowest BCUT2D eigenvalue weighted by Crippen LogP contribution is -2.09. The minimum absolute atomic E-state index is 0. The highest BCUT2D eigenvalue weighted by Crippen LogP contribution is 2.24. The fourth-order valence-corrected chi connectivity index (χ4v) is 2.41. The lowest BCUT2D eigenvalue weighted by atomic mass is 10.2. The molecule has 0 aliphatic rings. The number of furan rings is 1. The first kappa shape index (κ1) is 16.3. The van der Waals surface area contributed by atoms with E-state index in [2.05, 4.69) is 11.6 Å². The average Bonchev–Trinajstić information content (AvgIpc) is 2.66. The van der Waals surface area contributed by atoms with Crippen LogP contribution >= 0.6 is 0 Å². The van der Waals surface area contributed by atoms with Gasteiger partial charge in [0.1, 0.15) is 11.3 Å². The molecule has 0 saturated carbocycles. The van der Waals surface area contributed by atoms with E-state index in [1.807, 2.05) is 6.07 Å². The zero-order valence-corrected chi connectivity index (χ0v) is 11.4. The number of rotatable bonds is 5. The van der Waals surface area contributed by atoms with Gasteiger partial charge in [-0.25, -0.2) is 8.42 Å². The largest absolute Gasteiger partial charge is 0.461 e. The fraction of sp³-hybridized carbons (Fsp3) is 0.385. The molecule has 2 aromatic rings. The summed E-state index contributed by atoms with van der Waals surface area (Å²) < 4.78 is 30.4. The van der Waals surface area contributed by atoms with Gasteiger partial charge < -0.3 is 4.42 Å². The number of aryl methyl sites for hydroxylation is 1. The molecule has 19 heavy (non-hydrogen) atoms. The third-order valence-electron chi connectivity index (χ3n) is 2.65. The van der Waals surface area contributed by atoms with Crippen LogP contribution in [0.25, 0.3) is 11.0 Å². The molecule has 0 fully saturated rings. The van der Waals surface area contributed by atoms with Crippen molar-refractivity contribution in [2.75, 3.05) is 11.0 Å². The molecule has 1 N–H and O–H groups in total. The van der Waals surface area contributed by atoms with E-state index >= 15 is 0 Å².